The summed E-state index contributed by atoms with van der Waals surface area (Å²) in [6.07, 6.45) is 4.02. The molecule has 0 saturated heterocycles. The van der Waals surface area contributed by atoms with Crippen LogP contribution in [0.15, 0.2) is 15.7 Å². The van der Waals surface area contributed by atoms with E-state index >= 15 is 0 Å². The first-order chi connectivity index (χ1) is 9.60. The van der Waals surface area contributed by atoms with Gasteiger partial charge < -0.3 is 15.0 Å². The summed E-state index contributed by atoms with van der Waals surface area (Å²) in [5.41, 5.74) is -0.842. The number of nitrogens with one attached hydrogen (secondary N) is 2. The van der Waals surface area contributed by atoms with E-state index in [4.69, 9.17) is 5.11 Å². The van der Waals surface area contributed by atoms with Gasteiger partial charge in [0.25, 0.3) is 5.56 Å². The van der Waals surface area contributed by atoms with Crippen molar-refractivity contribution < 1.29 is 9.90 Å². The first-order valence-electron chi connectivity index (χ1n) is 6.83. The van der Waals surface area contributed by atoms with E-state index in [1.54, 1.807) is 4.90 Å². The number of aliphatic hydroxyl groups excluding tert-OH is 1. The number of carbonyl (C=O) groups is 1. The third kappa shape index (κ3) is 3.57. The number of carbonyl (C=O) groups excluding carboxylic acids is 1. The largest absolute Gasteiger partial charge is 0.395 e. The molecule has 1 fully saturated rings. The van der Waals surface area contributed by atoms with Crippen LogP contribution in [0.3, 0.4) is 0 Å². The van der Waals surface area contributed by atoms with Crippen LogP contribution >= 0.6 is 0 Å². The summed E-state index contributed by atoms with van der Waals surface area (Å²) in [4.78, 5) is 40.8. The van der Waals surface area contributed by atoms with E-state index in [0.717, 1.165) is 25.7 Å². The number of aromatic nitrogens is 2. The van der Waals surface area contributed by atoms with Gasteiger partial charge in [-0.25, -0.2) is 4.79 Å². The molecule has 1 heterocycles. The quantitative estimate of drug-likeness (QED) is 0.668. The molecule has 20 heavy (non-hydrogen) atoms. The highest BCUT2D eigenvalue weighted by molar-refractivity contribution is 5.78. The fourth-order valence-electron chi connectivity index (χ4n) is 2.71. The zero-order valence-corrected chi connectivity index (χ0v) is 11.2. The van der Waals surface area contributed by atoms with E-state index in [-0.39, 0.29) is 31.5 Å². The molecule has 0 unspecified atom stereocenters. The Kier molecular flexibility index (Phi) is 4.73. The molecule has 3 N–H and O–H groups in total. The fraction of sp³-hybridized carbons (Fsp3) is 0.615. The predicted octanol–water partition coefficient (Wildman–Crippen LogP) is -0.631. The van der Waals surface area contributed by atoms with Gasteiger partial charge >= 0.3 is 5.69 Å². The van der Waals surface area contributed by atoms with Crippen LogP contribution < -0.4 is 11.2 Å². The standard InChI is InChI=1S/C13H19N3O4/c17-6-5-16(10-3-1-2-4-10)12(19)8-9-7-11(18)15-13(20)14-9/h7,10,17H,1-6,8H2,(H2,14,15,18,20). The molecule has 7 nitrogen and oxygen atoms in total. The van der Waals surface area contributed by atoms with Crippen LogP contribution in [0.2, 0.25) is 0 Å². The number of hydrogen-bond acceptors (Lipinski definition) is 4. The van der Waals surface area contributed by atoms with Gasteiger partial charge in [0.15, 0.2) is 0 Å². The molecule has 0 atom stereocenters. The minimum Gasteiger partial charge on any atom is -0.395 e. The number of rotatable bonds is 5. The SMILES string of the molecule is O=C(Cc1cc(=O)[nH]c(=O)[nH]1)N(CCO)C1CCCC1. The second-order valence-electron chi connectivity index (χ2n) is 5.04. The van der Waals surface area contributed by atoms with Crippen LogP contribution in [0.5, 0.6) is 0 Å². The molecule has 1 aromatic heterocycles. The predicted molar refractivity (Wildman–Crippen MR) is 72.4 cm³/mol. The first-order valence-corrected chi connectivity index (χ1v) is 6.83. The van der Waals surface area contributed by atoms with Crippen molar-refractivity contribution in [3.8, 4) is 0 Å². The Morgan fingerprint density at radius 1 is 1.30 bits per heavy atom. The molecular weight excluding hydrogens is 262 g/mol. The summed E-state index contributed by atoms with van der Waals surface area (Å²) in [6, 6.07) is 1.37. The highest BCUT2D eigenvalue weighted by Crippen LogP contribution is 2.23. The minimum absolute atomic E-state index is 0.0321. The molecule has 0 radical (unpaired) electrons. The molecule has 1 aliphatic rings. The van der Waals surface area contributed by atoms with E-state index in [2.05, 4.69) is 9.97 Å². The average Bonchev–Trinajstić information content (AvgIpc) is 2.87. The lowest BCUT2D eigenvalue weighted by Gasteiger charge is -2.28. The summed E-state index contributed by atoms with van der Waals surface area (Å²) in [7, 11) is 0. The zero-order valence-electron chi connectivity index (χ0n) is 11.2. The van der Waals surface area contributed by atoms with Gasteiger partial charge in [-0.05, 0) is 12.8 Å². The van der Waals surface area contributed by atoms with Gasteiger partial charge in [0.2, 0.25) is 5.91 Å². The van der Waals surface area contributed by atoms with Gasteiger partial charge in [-0.1, -0.05) is 12.8 Å². The van der Waals surface area contributed by atoms with E-state index in [1.807, 2.05) is 0 Å². The van der Waals surface area contributed by atoms with E-state index in [9.17, 15) is 14.4 Å². The summed E-state index contributed by atoms with van der Waals surface area (Å²) >= 11 is 0. The highest BCUT2D eigenvalue weighted by atomic mass is 16.3. The van der Waals surface area contributed by atoms with Crippen molar-refractivity contribution in [2.45, 2.75) is 38.1 Å². The van der Waals surface area contributed by atoms with Gasteiger partial charge in [-0.2, -0.15) is 0 Å². The lowest BCUT2D eigenvalue weighted by atomic mass is 10.1. The Balaban J connectivity index is 2.11. The summed E-state index contributed by atoms with van der Waals surface area (Å²) in [5.74, 6) is -0.174. The van der Waals surface area contributed by atoms with Crippen LogP contribution in [-0.4, -0.2) is 45.1 Å². The highest BCUT2D eigenvalue weighted by Gasteiger charge is 2.26. The average molecular weight is 281 g/mol. The normalized spacial score (nSPS) is 15.4. The third-order valence-corrected chi connectivity index (χ3v) is 3.58. The van der Waals surface area contributed by atoms with Crippen molar-refractivity contribution in [3.63, 3.8) is 0 Å². The maximum Gasteiger partial charge on any atom is 0.325 e. The molecule has 0 aromatic carbocycles. The number of aliphatic hydroxyl groups is 1. The van der Waals surface area contributed by atoms with Crippen LogP contribution in [0, 0.1) is 0 Å². The second-order valence-corrected chi connectivity index (χ2v) is 5.04. The van der Waals surface area contributed by atoms with Gasteiger partial charge in [0, 0.05) is 24.3 Å². The number of nitrogens with zero attached hydrogens (tertiary/aromatic N) is 1. The first kappa shape index (κ1) is 14.5. The molecule has 7 heteroatoms. The van der Waals surface area contributed by atoms with Crippen LogP contribution in [0.1, 0.15) is 31.4 Å². The molecule has 1 aromatic rings. The molecule has 0 spiro atoms. The molecule has 110 valence electrons. The number of hydrogen-bond donors (Lipinski definition) is 3. The van der Waals surface area contributed by atoms with Crippen molar-refractivity contribution in [2.75, 3.05) is 13.2 Å². The Morgan fingerprint density at radius 2 is 2.00 bits per heavy atom. The Hall–Kier alpha value is -1.89. The summed E-state index contributed by atoms with van der Waals surface area (Å²) in [6.45, 7) is 0.199. The van der Waals surface area contributed by atoms with Crippen molar-refractivity contribution in [1.29, 1.82) is 0 Å². The number of H-pyrrole nitrogens is 2. The monoisotopic (exact) mass is 281 g/mol. The Morgan fingerprint density at radius 3 is 2.60 bits per heavy atom. The Labute approximate surface area is 115 Å². The van der Waals surface area contributed by atoms with E-state index in [0.29, 0.717) is 5.69 Å². The molecule has 0 bridgehead atoms. The van der Waals surface area contributed by atoms with Gasteiger partial charge in [0.05, 0.1) is 13.0 Å². The van der Waals surface area contributed by atoms with Crippen LogP contribution in [0.25, 0.3) is 0 Å². The van der Waals surface area contributed by atoms with Gasteiger partial charge in [0.1, 0.15) is 0 Å². The second kappa shape index (κ2) is 6.51. The summed E-state index contributed by atoms with van der Waals surface area (Å²) in [5, 5.41) is 9.09. The van der Waals surface area contributed by atoms with E-state index < -0.39 is 11.2 Å². The number of amides is 1. The molecular formula is C13H19N3O4. The van der Waals surface area contributed by atoms with Crippen molar-refractivity contribution >= 4 is 5.91 Å². The molecule has 1 aliphatic carbocycles. The van der Waals surface area contributed by atoms with Gasteiger partial charge in [-0.15, -0.1) is 0 Å². The lowest BCUT2D eigenvalue weighted by Crippen LogP contribution is -2.42. The maximum absolute atomic E-state index is 12.3. The van der Waals surface area contributed by atoms with Gasteiger partial charge in [-0.3, -0.25) is 14.6 Å². The third-order valence-electron chi connectivity index (χ3n) is 3.58. The van der Waals surface area contributed by atoms with Crippen molar-refractivity contribution in [3.05, 3.63) is 32.6 Å². The molecule has 0 aliphatic heterocycles. The number of aromatic amines is 2. The Bertz CT molecular complexity index is 543. The smallest absolute Gasteiger partial charge is 0.325 e. The van der Waals surface area contributed by atoms with Crippen LogP contribution in [-0.2, 0) is 11.2 Å². The van der Waals surface area contributed by atoms with Crippen molar-refractivity contribution in [2.24, 2.45) is 0 Å². The lowest BCUT2D eigenvalue weighted by molar-refractivity contribution is -0.133. The molecule has 1 amide bonds. The molecule has 2 rings (SSSR count). The maximum atomic E-state index is 12.3. The zero-order chi connectivity index (χ0) is 14.5. The van der Waals surface area contributed by atoms with Crippen LogP contribution in [0.4, 0.5) is 0 Å². The van der Waals surface area contributed by atoms with E-state index in [1.165, 1.54) is 6.07 Å². The molecule has 1 saturated carbocycles. The topological polar surface area (TPSA) is 106 Å². The van der Waals surface area contributed by atoms with Crippen molar-refractivity contribution in [1.82, 2.24) is 14.9 Å². The minimum atomic E-state index is -0.616. The summed E-state index contributed by atoms with van der Waals surface area (Å²) < 4.78 is 0. The fourth-order valence-corrected chi connectivity index (χ4v) is 2.71.